The molecule has 0 atom stereocenters. The van der Waals surface area contributed by atoms with Gasteiger partial charge in [0.25, 0.3) is 0 Å². The van der Waals surface area contributed by atoms with Crippen LogP contribution in [0.15, 0.2) is 30.3 Å². The lowest BCUT2D eigenvalue weighted by atomic mass is 9.69. The Balaban J connectivity index is 1.69. The minimum absolute atomic E-state index is 0.135. The third-order valence-corrected chi connectivity index (χ3v) is 5.83. The molecule has 0 aromatic heterocycles. The van der Waals surface area contributed by atoms with Crippen LogP contribution in [0.2, 0.25) is 0 Å². The fourth-order valence-electron chi connectivity index (χ4n) is 3.60. The van der Waals surface area contributed by atoms with E-state index in [-0.39, 0.29) is 6.04 Å². The van der Waals surface area contributed by atoms with Gasteiger partial charge >= 0.3 is 11.8 Å². The topological polar surface area (TPSA) is 58.2 Å². The molecule has 4 nitrogen and oxygen atoms in total. The summed E-state index contributed by atoms with van der Waals surface area (Å²) in [5.74, 6) is -0.302. The van der Waals surface area contributed by atoms with E-state index in [1.807, 2.05) is 30.3 Å². The third kappa shape index (κ3) is 5.87. The van der Waals surface area contributed by atoms with Crippen LogP contribution in [0.3, 0.4) is 0 Å². The number of carbonyl (C=O) groups excluding carboxylic acids is 2. The Morgan fingerprint density at radius 2 is 1.68 bits per heavy atom. The molecule has 2 amide bonds. The molecule has 25 heavy (non-hydrogen) atoms. The SMILES string of the molecule is CCC(C)(C)C1CCC(NC(=O)C(=O)NCCc2ccccc2)CC1. The minimum Gasteiger partial charge on any atom is -0.348 e. The first kappa shape index (κ1) is 19.5. The predicted octanol–water partition coefficient (Wildman–Crippen LogP) is 3.46. The van der Waals surface area contributed by atoms with Crippen LogP contribution in [0.4, 0.5) is 0 Å². The van der Waals surface area contributed by atoms with E-state index in [0.717, 1.165) is 37.7 Å². The molecule has 1 aliphatic carbocycles. The molecule has 2 N–H and O–H groups in total. The zero-order valence-corrected chi connectivity index (χ0v) is 15.8. The van der Waals surface area contributed by atoms with Crippen LogP contribution in [-0.2, 0) is 16.0 Å². The zero-order valence-electron chi connectivity index (χ0n) is 15.8. The molecule has 1 aromatic rings. The average Bonchev–Trinajstić information content (AvgIpc) is 2.63. The van der Waals surface area contributed by atoms with Gasteiger partial charge in [0.2, 0.25) is 0 Å². The van der Waals surface area contributed by atoms with E-state index in [9.17, 15) is 9.59 Å². The van der Waals surface area contributed by atoms with E-state index in [4.69, 9.17) is 0 Å². The molecule has 0 unspecified atom stereocenters. The second kappa shape index (κ2) is 9.02. The van der Waals surface area contributed by atoms with Gasteiger partial charge in [-0.1, -0.05) is 57.5 Å². The van der Waals surface area contributed by atoms with Crippen LogP contribution in [-0.4, -0.2) is 24.4 Å². The number of hydrogen-bond acceptors (Lipinski definition) is 2. The number of rotatable bonds is 6. The number of hydrogen-bond donors (Lipinski definition) is 2. The van der Waals surface area contributed by atoms with Crippen molar-refractivity contribution in [1.82, 2.24) is 10.6 Å². The van der Waals surface area contributed by atoms with Gasteiger partial charge in [0.15, 0.2) is 0 Å². The molecule has 1 aliphatic rings. The Hall–Kier alpha value is -1.84. The molecule has 1 aromatic carbocycles. The van der Waals surface area contributed by atoms with Gasteiger partial charge in [-0.3, -0.25) is 9.59 Å². The molecular formula is C21H32N2O2. The van der Waals surface area contributed by atoms with E-state index in [1.165, 1.54) is 6.42 Å². The van der Waals surface area contributed by atoms with Crippen molar-refractivity contribution < 1.29 is 9.59 Å². The highest BCUT2D eigenvalue weighted by Gasteiger charge is 2.32. The first-order valence-electron chi connectivity index (χ1n) is 9.55. The van der Waals surface area contributed by atoms with Crippen LogP contribution in [0.1, 0.15) is 58.4 Å². The maximum Gasteiger partial charge on any atom is 0.309 e. The highest BCUT2D eigenvalue weighted by Crippen LogP contribution is 2.40. The number of amides is 2. The summed E-state index contributed by atoms with van der Waals surface area (Å²) in [5, 5.41) is 5.62. The van der Waals surface area contributed by atoms with Crippen LogP contribution >= 0.6 is 0 Å². The van der Waals surface area contributed by atoms with Crippen molar-refractivity contribution >= 4 is 11.8 Å². The summed E-state index contributed by atoms with van der Waals surface area (Å²) in [6, 6.07) is 10.1. The highest BCUT2D eigenvalue weighted by molar-refractivity contribution is 6.35. The van der Waals surface area contributed by atoms with Crippen LogP contribution in [0, 0.1) is 11.3 Å². The lowest BCUT2D eigenvalue weighted by Crippen LogP contribution is -2.46. The third-order valence-electron chi connectivity index (χ3n) is 5.83. The maximum absolute atomic E-state index is 12.1. The molecular weight excluding hydrogens is 312 g/mol. The molecule has 0 spiro atoms. The lowest BCUT2D eigenvalue weighted by molar-refractivity contribution is -0.139. The van der Waals surface area contributed by atoms with Crippen LogP contribution < -0.4 is 10.6 Å². The molecule has 2 rings (SSSR count). The fourth-order valence-corrected chi connectivity index (χ4v) is 3.60. The van der Waals surface area contributed by atoms with Crippen molar-refractivity contribution in [3.63, 3.8) is 0 Å². The van der Waals surface area contributed by atoms with E-state index < -0.39 is 11.8 Å². The number of nitrogens with one attached hydrogen (secondary N) is 2. The van der Waals surface area contributed by atoms with Crippen molar-refractivity contribution in [1.29, 1.82) is 0 Å². The van der Waals surface area contributed by atoms with Gasteiger partial charge in [-0.2, -0.15) is 0 Å². The standard InChI is InChI=1S/C21H32N2O2/c1-4-21(2,3)17-10-12-18(13-11-17)23-20(25)19(24)22-15-14-16-8-6-5-7-9-16/h5-9,17-18H,4,10-15H2,1-3H3,(H,22,24)(H,23,25). The largest absolute Gasteiger partial charge is 0.348 e. The molecule has 0 saturated heterocycles. The average molecular weight is 344 g/mol. The molecule has 138 valence electrons. The van der Waals surface area contributed by atoms with Gasteiger partial charge in [-0.25, -0.2) is 0 Å². The summed E-state index contributed by atoms with van der Waals surface area (Å²) in [6.07, 6.45) is 6.10. The first-order chi connectivity index (χ1) is 11.9. The van der Waals surface area contributed by atoms with E-state index >= 15 is 0 Å². The molecule has 0 radical (unpaired) electrons. The zero-order chi connectivity index (χ0) is 18.3. The van der Waals surface area contributed by atoms with Crippen molar-refractivity contribution in [3.8, 4) is 0 Å². The lowest BCUT2D eigenvalue weighted by Gasteiger charge is -2.39. The van der Waals surface area contributed by atoms with Gasteiger partial charge in [0.05, 0.1) is 0 Å². The van der Waals surface area contributed by atoms with Gasteiger partial charge in [-0.15, -0.1) is 0 Å². The predicted molar refractivity (Wildman–Crippen MR) is 101 cm³/mol. The monoisotopic (exact) mass is 344 g/mol. The minimum atomic E-state index is -0.521. The summed E-state index contributed by atoms with van der Waals surface area (Å²) in [7, 11) is 0. The highest BCUT2D eigenvalue weighted by atomic mass is 16.2. The van der Waals surface area contributed by atoms with Crippen molar-refractivity contribution in [2.75, 3.05) is 6.54 Å². The van der Waals surface area contributed by atoms with Crippen LogP contribution in [0.25, 0.3) is 0 Å². The normalized spacial score (nSPS) is 20.8. The van der Waals surface area contributed by atoms with Crippen molar-refractivity contribution in [2.45, 2.75) is 65.3 Å². The Morgan fingerprint density at radius 3 is 2.28 bits per heavy atom. The second-order valence-corrected chi connectivity index (χ2v) is 7.86. The Bertz CT molecular complexity index is 561. The summed E-state index contributed by atoms with van der Waals surface area (Å²) >= 11 is 0. The number of carbonyl (C=O) groups is 2. The van der Waals surface area contributed by atoms with Crippen molar-refractivity contribution in [3.05, 3.63) is 35.9 Å². The quantitative estimate of drug-likeness (QED) is 0.777. The molecule has 1 fully saturated rings. The smallest absolute Gasteiger partial charge is 0.309 e. The molecule has 0 aliphatic heterocycles. The summed E-state index contributed by atoms with van der Waals surface area (Å²) in [6.45, 7) is 7.38. The maximum atomic E-state index is 12.1. The molecule has 1 saturated carbocycles. The molecule has 4 heteroatoms. The summed E-state index contributed by atoms with van der Waals surface area (Å²) in [5.41, 5.74) is 1.52. The van der Waals surface area contributed by atoms with Gasteiger partial charge in [-0.05, 0) is 49.0 Å². The summed E-state index contributed by atoms with van der Waals surface area (Å²) in [4.78, 5) is 24.0. The fraction of sp³-hybridized carbons (Fsp3) is 0.619. The van der Waals surface area contributed by atoms with Gasteiger partial charge in [0.1, 0.15) is 0 Å². The van der Waals surface area contributed by atoms with E-state index in [0.29, 0.717) is 17.9 Å². The first-order valence-corrected chi connectivity index (χ1v) is 9.55. The number of benzene rings is 1. The molecule has 0 bridgehead atoms. The second-order valence-electron chi connectivity index (χ2n) is 7.86. The van der Waals surface area contributed by atoms with E-state index in [1.54, 1.807) is 0 Å². The van der Waals surface area contributed by atoms with Crippen molar-refractivity contribution in [2.24, 2.45) is 11.3 Å². The summed E-state index contributed by atoms with van der Waals surface area (Å²) < 4.78 is 0. The Morgan fingerprint density at radius 1 is 1.04 bits per heavy atom. The van der Waals surface area contributed by atoms with Crippen LogP contribution in [0.5, 0.6) is 0 Å². The van der Waals surface area contributed by atoms with Gasteiger partial charge < -0.3 is 10.6 Å². The Kier molecular flexibility index (Phi) is 7.03. The van der Waals surface area contributed by atoms with Gasteiger partial charge in [0, 0.05) is 12.6 Å². The molecule has 0 heterocycles. The Labute approximate surface area is 151 Å². The van der Waals surface area contributed by atoms with E-state index in [2.05, 4.69) is 31.4 Å².